The van der Waals surface area contributed by atoms with Crippen molar-refractivity contribution in [1.29, 1.82) is 0 Å². The molecule has 0 radical (unpaired) electrons. The van der Waals surface area contributed by atoms with Crippen LogP contribution in [0.5, 0.6) is 0 Å². The summed E-state index contributed by atoms with van der Waals surface area (Å²) >= 11 is 8.82. The van der Waals surface area contributed by atoms with E-state index in [0.29, 0.717) is 16.9 Å². The first-order valence-corrected chi connectivity index (χ1v) is 6.46. The largest absolute Gasteiger partial charge is 0.398 e. The summed E-state index contributed by atoms with van der Waals surface area (Å²) in [6, 6.07) is 8.94. The number of hydrogen-bond acceptors (Lipinski definition) is 2. The third-order valence-corrected chi connectivity index (χ3v) is 3.24. The standard InChI is InChI=1S/C13H9BrClFN2O/c14-7-1-3-9(12(17)5-7)13(19)18-8-2-4-10(15)11(16)6-8/h1-6H,17H2,(H,18,19). The van der Waals surface area contributed by atoms with Crippen molar-refractivity contribution in [3.05, 3.63) is 57.3 Å². The van der Waals surface area contributed by atoms with E-state index in [2.05, 4.69) is 21.2 Å². The lowest BCUT2D eigenvalue weighted by molar-refractivity contribution is 0.102. The molecule has 0 bridgehead atoms. The minimum absolute atomic E-state index is 0.00107. The minimum atomic E-state index is -0.594. The third-order valence-electron chi connectivity index (χ3n) is 2.44. The van der Waals surface area contributed by atoms with Gasteiger partial charge in [0.2, 0.25) is 0 Å². The molecule has 2 aromatic carbocycles. The summed E-state index contributed by atoms with van der Waals surface area (Å²) in [5.74, 6) is -1.00. The molecule has 0 spiro atoms. The van der Waals surface area contributed by atoms with Gasteiger partial charge in [-0.3, -0.25) is 4.79 Å². The molecular formula is C13H9BrClFN2O. The number of nitrogens with two attached hydrogens (primary N) is 1. The highest BCUT2D eigenvalue weighted by atomic mass is 79.9. The van der Waals surface area contributed by atoms with Crippen molar-refractivity contribution >= 4 is 44.8 Å². The van der Waals surface area contributed by atoms with Gasteiger partial charge in [-0.05, 0) is 36.4 Å². The van der Waals surface area contributed by atoms with Crippen molar-refractivity contribution in [3.63, 3.8) is 0 Å². The van der Waals surface area contributed by atoms with Gasteiger partial charge in [-0.2, -0.15) is 0 Å². The summed E-state index contributed by atoms with van der Waals surface area (Å²) in [5.41, 5.74) is 6.71. The Morgan fingerprint density at radius 2 is 2.00 bits per heavy atom. The molecule has 1 amide bonds. The van der Waals surface area contributed by atoms with Gasteiger partial charge in [0.25, 0.3) is 5.91 Å². The second-order valence-corrected chi connectivity index (χ2v) is 5.14. The molecule has 98 valence electrons. The third kappa shape index (κ3) is 3.24. The maximum absolute atomic E-state index is 13.3. The first kappa shape index (κ1) is 13.8. The highest BCUT2D eigenvalue weighted by molar-refractivity contribution is 9.10. The Balaban J connectivity index is 2.23. The molecule has 0 aromatic heterocycles. The van der Waals surface area contributed by atoms with Crippen molar-refractivity contribution in [3.8, 4) is 0 Å². The average molecular weight is 344 g/mol. The Kier molecular flexibility index (Phi) is 4.07. The summed E-state index contributed by atoms with van der Waals surface area (Å²) in [5, 5.41) is 2.55. The van der Waals surface area contributed by atoms with E-state index in [1.807, 2.05) is 0 Å². The molecule has 0 aliphatic rings. The lowest BCUT2D eigenvalue weighted by Crippen LogP contribution is -2.14. The normalized spacial score (nSPS) is 10.3. The number of nitrogen functional groups attached to an aromatic ring is 1. The second kappa shape index (κ2) is 5.59. The van der Waals surface area contributed by atoms with Gasteiger partial charge in [-0.1, -0.05) is 27.5 Å². The molecule has 3 nitrogen and oxygen atoms in total. The summed E-state index contributed by atoms with van der Waals surface area (Å²) in [6.45, 7) is 0. The maximum Gasteiger partial charge on any atom is 0.257 e. The topological polar surface area (TPSA) is 55.1 Å². The van der Waals surface area contributed by atoms with Crippen LogP contribution in [0.1, 0.15) is 10.4 Å². The number of carbonyl (C=O) groups is 1. The predicted octanol–water partition coefficient (Wildman–Crippen LogP) is 4.08. The molecule has 6 heteroatoms. The molecule has 0 saturated carbocycles. The number of carbonyl (C=O) groups excluding carboxylic acids is 1. The molecule has 0 fully saturated rings. The number of amides is 1. The van der Waals surface area contributed by atoms with Gasteiger partial charge in [0.1, 0.15) is 5.82 Å². The number of nitrogens with one attached hydrogen (secondary N) is 1. The molecule has 0 unspecified atom stereocenters. The van der Waals surface area contributed by atoms with Crippen LogP contribution >= 0.6 is 27.5 Å². The zero-order valence-corrected chi connectivity index (χ0v) is 11.9. The molecule has 0 saturated heterocycles. The minimum Gasteiger partial charge on any atom is -0.398 e. The zero-order valence-electron chi connectivity index (χ0n) is 9.58. The van der Waals surface area contributed by atoms with E-state index >= 15 is 0 Å². The highest BCUT2D eigenvalue weighted by Gasteiger charge is 2.11. The quantitative estimate of drug-likeness (QED) is 0.807. The highest BCUT2D eigenvalue weighted by Crippen LogP contribution is 2.22. The van der Waals surface area contributed by atoms with Gasteiger partial charge >= 0.3 is 0 Å². The van der Waals surface area contributed by atoms with E-state index in [0.717, 1.165) is 10.5 Å². The number of rotatable bonds is 2. The molecule has 0 aliphatic heterocycles. The van der Waals surface area contributed by atoms with Crippen LogP contribution in [0.4, 0.5) is 15.8 Å². The van der Waals surface area contributed by atoms with E-state index in [1.54, 1.807) is 18.2 Å². The summed E-state index contributed by atoms with van der Waals surface area (Å²) in [6.07, 6.45) is 0. The van der Waals surface area contributed by atoms with Crippen LogP contribution in [0.25, 0.3) is 0 Å². The van der Waals surface area contributed by atoms with Crippen LogP contribution in [0.3, 0.4) is 0 Å². The van der Waals surface area contributed by atoms with Crippen molar-refractivity contribution in [2.45, 2.75) is 0 Å². The van der Waals surface area contributed by atoms with Gasteiger partial charge in [0.05, 0.1) is 10.6 Å². The van der Waals surface area contributed by atoms with Crippen LogP contribution in [0, 0.1) is 5.82 Å². The number of halogens is 3. The number of anilines is 2. The lowest BCUT2D eigenvalue weighted by Gasteiger charge is -2.08. The van der Waals surface area contributed by atoms with Gasteiger partial charge in [0.15, 0.2) is 0 Å². The Labute approximate surface area is 122 Å². The summed E-state index contributed by atoms with van der Waals surface area (Å²) in [7, 11) is 0. The van der Waals surface area contributed by atoms with Crippen LogP contribution in [-0.4, -0.2) is 5.91 Å². The summed E-state index contributed by atoms with van der Waals surface area (Å²) < 4.78 is 14.0. The second-order valence-electron chi connectivity index (χ2n) is 3.81. The van der Waals surface area contributed by atoms with Crippen LogP contribution in [-0.2, 0) is 0 Å². The molecule has 2 aromatic rings. The lowest BCUT2D eigenvalue weighted by atomic mass is 10.1. The molecule has 2 rings (SSSR count). The molecule has 0 heterocycles. The Morgan fingerprint density at radius 1 is 1.26 bits per heavy atom. The predicted molar refractivity (Wildman–Crippen MR) is 77.9 cm³/mol. The van der Waals surface area contributed by atoms with Gasteiger partial charge in [0, 0.05) is 15.8 Å². The Bertz CT molecular complexity index is 649. The van der Waals surface area contributed by atoms with E-state index in [-0.39, 0.29) is 5.02 Å². The first-order chi connectivity index (χ1) is 8.97. The molecule has 0 aliphatic carbocycles. The molecule has 19 heavy (non-hydrogen) atoms. The van der Waals surface area contributed by atoms with Crippen molar-refractivity contribution < 1.29 is 9.18 Å². The monoisotopic (exact) mass is 342 g/mol. The Hall–Kier alpha value is -1.59. The van der Waals surface area contributed by atoms with Crippen molar-refractivity contribution in [2.75, 3.05) is 11.1 Å². The van der Waals surface area contributed by atoms with Crippen molar-refractivity contribution in [1.82, 2.24) is 0 Å². The summed E-state index contributed by atoms with van der Waals surface area (Å²) in [4.78, 5) is 12.0. The van der Waals surface area contributed by atoms with Crippen LogP contribution in [0.2, 0.25) is 5.02 Å². The van der Waals surface area contributed by atoms with E-state index in [1.165, 1.54) is 12.1 Å². The zero-order chi connectivity index (χ0) is 14.0. The van der Waals surface area contributed by atoms with Crippen LogP contribution < -0.4 is 11.1 Å². The number of hydrogen-bond donors (Lipinski definition) is 2. The SMILES string of the molecule is Nc1cc(Br)ccc1C(=O)Nc1ccc(Cl)c(F)c1. The molecule has 0 atom stereocenters. The molecule has 3 N–H and O–H groups in total. The number of benzene rings is 2. The van der Waals surface area contributed by atoms with Crippen LogP contribution in [0.15, 0.2) is 40.9 Å². The van der Waals surface area contributed by atoms with Gasteiger partial charge in [-0.15, -0.1) is 0 Å². The van der Waals surface area contributed by atoms with E-state index in [4.69, 9.17) is 17.3 Å². The van der Waals surface area contributed by atoms with Gasteiger partial charge in [-0.25, -0.2) is 4.39 Å². The van der Waals surface area contributed by atoms with Gasteiger partial charge < -0.3 is 11.1 Å². The van der Waals surface area contributed by atoms with E-state index < -0.39 is 11.7 Å². The Morgan fingerprint density at radius 3 is 2.63 bits per heavy atom. The maximum atomic E-state index is 13.3. The smallest absolute Gasteiger partial charge is 0.257 e. The fourth-order valence-corrected chi connectivity index (χ4v) is 2.01. The first-order valence-electron chi connectivity index (χ1n) is 5.29. The fraction of sp³-hybridized carbons (Fsp3) is 0. The van der Waals surface area contributed by atoms with E-state index in [9.17, 15) is 9.18 Å². The average Bonchev–Trinajstić information content (AvgIpc) is 2.33. The molecular weight excluding hydrogens is 335 g/mol. The van der Waals surface area contributed by atoms with Crippen molar-refractivity contribution in [2.24, 2.45) is 0 Å². The fourth-order valence-electron chi connectivity index (χ4n) is 1.51.